The van der Waals surface area contributed by atoms with E-state index >= 15 is 4.79 Å². The molecule has 0 radical (unpaired) electrons. The van der Waals surface area contributed by atoms with Gasteiger partial charge in [0.25, 0.3) is 0 Å². The Morgan fingerprint density at radius 2 is 1.23 bits per heavy atom. The highest BCUT2D eigenvalue weighted by molar-refractivity contribution is 6.32. The van der Waals surface area contributed by atoms with Gasteiger partial charge in [-0.3, -0.25) is 24.0 Å². The molecule has 75 heavy (non-hydrogen) atoms. The molecule has 11 bridgehead atoms. The van der Waals surface area contributed by atoms with Gasteiger partial charge in [-0.2, -0.15) is 0 Å². The van der Waals surface area contributed by atoms with Crippen LogP contribution >= 0.6 is 11.6 Å². The van der Waals surface area contributed by atoms with Crippen LogP contribution in [0.3, 0.4) is 0 Å². The molecule has 6 heterocycles. The number of carbonyl (C=O) groups is 7. The highest BCUT2D eigenvalue weighted by Crippen LogP contribution is 2.47. The summed E-state index contributed by atoms with van der Waals surface area (Å²) in [5, 5.41) is 82.4. The van der Waals surface area contributed by atoms with Crippen molar-refractivity contribution in [3.05, 3.63) is 154 Å². The van der Waals surface area contributed by atoms with E-state index in [-0.39, 0.29) is 50.9 Å². The van der Waals surface area contributed by atoms with E-state index in [4.69, 9.17) is 25.8 Å². The van der Waals surface area contributed by atoms with Gasteiger partial charge in [0.15, 0.2) is 29.7 Å². The Labute approximate surface area is 427 Å². The number of benzene rings is 6. The van der Waals surface area contributed by atoms with Gasteiger partial charge in [-0.15, -0.1) is 0 Å². The number of aliphatic hydroxyl groups is 1. The van der Waals surface area contributed by atoms with E-state index in [0.717, 1.165) is 30.3 Å². The smallest absolute Gasteiger partial charge is 0.408 e. The summed E-state index contributed by atoms with van der Waals surface area (Å²) in [6, 6.07) is 14.4. The molecule has 0 saturated carbocycles. The highest BCUT2D eigenvalue weighted by Gasteiger charge is 2.43. The molecule has 1 saturated heterocycles. The minimum absolute atomic E-state index is 0.0677. The number of alkyl carbamates (subject to hydrolysis) is 1. The molecule has 382 valence electrons. The van der Waals surface area contributed by atoms with Crippen molar-refractivity contribution < 1.29 is 78.4 Å². The number of fused-ring (bicyclic) bond motifs is 13. The van der Waals surface area contributed by atoms with Crippen LogP contribution in [0.15, 0.2) is 115 Å². The summed E-state index contributed by atoms with van der Waals surface area (Å²) >= 11 is 6.76. The molecule has 6 aliphatic rings. The van der Waals surface area contributed by atoms with E-state index in [9.17, 15) is 59.4 Å². The van der Waals surface area contributed by atoms with Gasteiger partial charge >= 0.3 is 12.1 Å². The topological polar surface area (TPSA) is 341 Å². The maximum absolute atomic E-state index is 15.4. The van der Waals surface area contributed by atoms with Crippen molar-refractivity contribution in [3.63, 3.8) is 0 Å². The van der Waals surface area contributed by atoms with Gasteiger partial charge < -0.3 is 76.8 Å². The van der Waals surface area contributed by atoms with Crippen LogP contribution in [0, 0.1) is 0 Å². The first-order chi connectivity index (χ1) is 35.9. The number of nitrogens with one attached hydrogen (secondary N) is 6. The second-order valence-electron chi connectivity index (χ2n) is 17.8. The Kier molecular flexibility index (Phi) is 12.7. The van der Waals surface area contributed by atoms with Crippen molar-refractivity contribution in [2.24, 2.45) is 0 Å². The van der Waals surface area contributed by atoms with Gasteiger partial charge in [-0.1, -0.05) is 66.2 Å². The zero-order valence-electron chi connectivity index (χ0n) is 38.4. The number of carboxylic acids is 1. The second kappa shape index (κ2) is 19.5. The maximum Gasteiger partial charge on any atom is 0.408 e. The molecular formula is C52H41ClN6O16. The number of ether oxygens (including phenoxy) is 3. The lowest BCUT2D eigenvalue weighted by Crippen LogP contribution is -2.56. The monoisotopic (exact) mass is 1040 g/mol. The summed E-state index contributed by atoms with van der Waals surface area (Å²) < 4.78 is 17.8. The fourth-order valence-electron chi connectivity index (χ4n) is 9.26. The lowest BCUT2D eigenvalue weighted by atomic mass is 9.89. The number of rotatable bonds is 3. The van der Waals surface area contributed by atoms with Crippen LogP contribution in [0.1, 0.15) is 63.7 Å². The van der Waals surface area contributed by atoms with E-state index in [1.54, 1.807) is 30.3 Å². The number of halogens is 1. The number of carbonyl (C=O) groups excluding carboxylic acids is 6. The number of amides is 6. The minimum atomic E-state index is -2.13. The van der Waals surface area contributed by atoms with Crippen LogP contribution < -0.4 is 41.4 Å². The molecule has 6 aromatic carbocycles. The Balaban J connectivity index is 1.19. The third-order valence-electron chi connectivity index (χ3n) is 13.0. The van der Waals surface area contributed by atoms with E-state index in [1.165, 1.54) is 54.6 Å². The highest BCUT2D eigenvalue weighted by atomic mass is 35.5. The normalized spacial score (nSPS) is 23.2. The number of aliphatic hydroxyl groups excluding tert-OH is 1. The van der Waals surface area contributed by atoms with Crippen LogP contribution in [0.5, 0.6) is 46.0 Å². The van der Waals surface area contributed by atoms with E-state index in [1.807, 2.05) is 0 Å². The van der Waals surface area contributed by atoms with Crippen molar-refractivity contribution >= 4 is 53.2 Å². The van der Waals surface area contributed by atoms with Gasteiger partial charge in [0, 0.05) is 29.2 Å². The Morgan fingerprint density at radius 3 is 1.95 bits per heavy atom. The SMILES string of the molecule is O=C1N[C@H]2C(=O)N[C@@H](Cc3ccccc3)C(=O)N[C@H]3C(=O)N[C@H]4C(=O)N[C@H](C(=O)N[C@H](C(=O)O)c5cc(O)cc(O)c5-c5cc4ccc5O)[C@H](O)c4ccc(c(Cl)c4)Oc4cc3cc(c4O)Oc3ccc(cc3)[C@H]2O1. The van der Waals surface area contributed by atoms with Crippen molar-refractivity contribution in [2.75, 3.05) is 0 Å². The Morgan fingerprint density at radius 1 is 0.573 bits per heavy atom. The molecule has 6 amide bonds. The lowest BCUT2D eigenvalue weighted by Gasteiger charge is -2.31. The van der Waals surface area contributed by atoms with Crippen LogP contribution in [0.25, 0.3) is 11.1 Å². The zero-order chi connectivity index (χ0) is 53.0. The molecule has 0 spiro atoms. The average Bonchev–Trinajstić information content (AvgIpc) is 3.78. The molecule has 12 rings (SSSR count). The molecule has 23 heteroatoms. The number of phenolic OH excluding ortho intramolecular Hbond substituents is 4. The fourth-order valence-corrected chi connectivity index (χ4v) is 9.49. The van der Waals surface area contributed by atoms with E-state index < -0.39 is 130 Å². The van der Waals surface area contributed by atoms with E-state index in [2.05, 4.69) is 31.9 Å². The third-order valence-corrected chi connectivity index (χ3v) is 13.2. The molecule has 1 fully saturated rings. The minimum Gasteiger partial charge on any atom is -0.508 e. The third kappa shape index (κ3) is 9.53. The Hall–Kier alpha value is -9.54. The van der Waals surface area contributed by atoms with Crippen LogP contribution in [-0.4, -0.2) is 90.4 Å². The lowest BCUT2D eigenvalue weighted by molar-refractivity contribution is -0.143. The summed E-state index contributed by atoms with van der Waals surface area (Å²) in [6.07, 6.45) is -4.39. The first kappa shape index (κ1) is 49.1. The number of aromatic hydroxyl groups is 4. The summed E-state index contributed by atoms with van der Waals surface area (Å²) in [6.45, 7) is 0. The van der Waals surface area contributed by atoms with Crippen LogP contribution in [0.4, 0.5) is 4.79 Å². The standard InChI is InChI=1S/C52H41ClN6O16/c53-30-16-24-9-13-34(30)74-36-18-25-17-35(44(36)64)73-27-10-6-22(7-11-27)45-42(59-52(72)75-45)50(69)54-31(14-21-4-2-1-3-5-21)46(65)55-39(25)48(67)56-38-23-8-12-32(61)28(15-23)37-29(19-26(60)20-33(37)62)40(51(70)71)57-49(68)41(43(24)63)58-47(38)66/h1-13,15-20,31,38-43,45,60-64H,14H2,(H,54,69)(H,55,65)(H,56,67)(H,57,68)(H,58,66)(H,59,72)(H,70,71)/t31-,38+,39+,40-,41-,42+,43+,45+/m0/s1. The molecule has 0 aliphatic carbocycles. The van der Waals surface area contributed by atoms with Gasteiger partial charge in [0.1, 0.15) is 59.0 Å². The van der Waals surface area contributed by atoms with Crippen molar-refractivity contribution in [1.29, 1.82) is 0 Å². The summed E-state index contributed by atoms with van der Waals surface area (Å²) in [5.74, 6) is -11.0. The van der Waals surface area contributed by atoms with E-state index in [0.29, 0.717) is 11.1 Å². The number of phenols is 4. The fraction of sp³-hybridized carbons (Fsp3) is 0.173. The molecular weight excluding hydrogens is 1000 g/mol. The van der Waals surface area contributed by atoms with Crippen molar-refractivity contribution in [2.45, 2.75) is 54.9 Å². The van der Waals surface area contributed by atoms with Crippen LogP contribution in [0.2, 0.25) is 5.02 Å². The molecule has 12 N–H and O–H groups in total. The predicted molar refractivity (Wildman–Crippen MR) is 258 cm³/mol. The maximum atomic E-state index is 15.4. The Bertz CT molecular complexity index is 3380. The zero-order valence-corrected chi connectivity index (χ0v) is 39.2. The summed E-state index contributed by atoms with van der Waals surface area (Å²) in [5.41, 5.74) is -0.880. The molecule has 6 aromatic rings. The molecule has 22 nitrogen and oxygen atoms in total. The van der Waals surface area contributed by atoms with Gasteiger partial charge in [0.2, 0.25) is 35.3 Å². The summed E-state index contributed by atoms with van der Waals surface area (Å²) in [4.78, 5) is 99.6. The quantitative estimate of drug-likeness (QED) is 0.119. The number of carboxylic acid groups (broad SMARTS) is 1. The first-order valence-corrected chi connectivity index (χ1v) is 23.2. The van der Waals surface area contributed by atoms with Crippen molar-refractivity contribution in [3.8, 4) is 57.1 Å². The predicted octanol–water partition coefficient (Wildman–Crippen LogP) is 4.11. The van der Waals surface area contributed by atoms with Gasteiger partial charge in [-0.05, 0) is 82.4 Å². The van der Waals surface area contributed by atoms with Crippen molar-refractivity contribution in [1.82, 2.24) is 31.9 Å². The average molecular weight is 1040 g/mol. The number of hydrogen-bond donors (Lipinski definition) is 12. The number of hydrogen-bond acceptors (Lipinski definition) is 15. The second-order valence-corrected chi connectivity index (χ2v) is 18.2. The molecule has 0 aromatic heterocycles. The molecule has 8 atom stereocenters. The van der Waals surface area contributed by atoms with Gasteiger partial charge in [-0.25, -0.2) is 9.59 Å². The summed E-state index contributed by atoms with van der Waals surface area (Å²) in [7, 11) is 0. The molecule has 0 unspecified atom stereocenters. The molecule has 6 aliphatic heterocycles. The first-order valence-electron chi connectivity index (χ1n) is 22.9. The number of aliphatic carboxylic acids is 1. The van der Waals surface area contributed by atoms with Gasteiger partial charge in [0.05, 0.1) is 5.02 Å². The largest absolute Gasteiger partial charge is 0.508 e. The van der Waals surface area contributed by atoms with Crippen LogP contribution in [-0.2, 0) is 39.9 Å².